The lowest BCUT2D eigenvalue weighted by atomic mass is 9.98. The predicted molar refractivity (Wildman–Crippen MR) is 96.4 cm³/mol. The molecule has 1 saturated carbocycles. The molecule has 0 aromatic heterocycles. The molecule has 1 amide bonds. The van der Waals surface area contributed by atoms with Crippen LogP contribution in [0, 0.1) is 5.92 Å². The number of nitrogens with zero attached hydrogens (tertiary/aromatic N) is 1. The van der Waals surface area contributed by atoms with Crippen molar-refractivity contribution in [3.63, 3.8) is 0 Å². The van der Waals surface area contributed by atoms with Gasteiger partial charge in [-0.2, -0.15) is 0 Å². The molecule has 0 spiro atoms. The highest BCUT2D eigenvalue weighted by Crippen LogP contribution is 2.44. The van der Waals surface area contributed by atoms with Gasteiger partial charge >= 0.3 is 6.09 Å². The third kappa shape index (κ3) is 3.14. The monoisotopic (exact) mass is 337 g/mol. The SMILES string of the molecule is CN(CC(O)C1CC1)C(=O)OCC1c2ccccc2-c2ccccc21. The van der Waals surface area contributed by atoms with E-state index in [4.69, 9.17) is 4.74 Å². The van der Waals surface area contributed by atoms with Gasteiger partial charge < -0.3 is 14.7 Å². The van der Waals surface area contributed by atoms with E-state index in [9.17, 15) is 9.90 Å². The van der Waals surface area contributed by atoms with Crippen molar-refractivity contribution in [2.45, 2.75) is 24.9 Å². The highest BCUT2D eigenvalue weighted by Gasteiger charge is 2.32. The van der Waals surface area contributed by atoms with Crippen molar-refractivity contribution in [2.24, 2.45) is 5.92 Å². The number of rotatable bonds is 5. The zero-order chi connectivity index (χ0) is 17.4. The van der Waals surface area contributed by atoms with Gasteiger partial charge in [-0.3, -0.25) is 0 Å². The van der Waals surface area contributed by atoms with Crippen molar-refractivity contribution in [3.8, 4) is 11.1 Å². The van der Waals surface area contributed by atoms with Gasteiger partial charge in [0.2, 0.25) is 0 Å². The molecule has 130 valence electrons. The van der Waals surface area contributed by atoms with Gasteiger partial charge in [-0.25, -0.2) is 4.79 Å². The van der Waals surface area contributed by atoms with Gasteiger partial charge in [-0.05, 0) is 41.0 Å². The summed E-state index contributed by atoms with van der Waals surface area (Å²) >= 11 is 0. The van der Waals surface area contributed by atoms with Crippen LogP contribution in [0.2, 0.25) is 0 Å². The molecule has 1 atom stereocenters. The van der Waals surface area contributed by atoms with Crippen LogP contribution in [0.15, 0.2) is 48.5 Å². The molecule has 2 aromatic carbocycles. The molecule has 1 unspecified atom stereocenters. The lowest BCUT2D eigenvalue weighted by molar-refractivity contribution is 0.0741. The molecular formula is C21H23NO3. The fraction of sp³-hybridized carbons (Fsp3) is 0.381. The first-order valence-corrected chi connectivity index (χ1v) is 8.89. The average molecular weight is 337 g/mol. The molecule has 4 heteroatoms. The summed E-state index contributed by atoms with van der Waals surface area (Å²) in [5.41, 5.74) is 4.85. The fourth-order valence-electron chi connectivity index (χ4n) is 3.69. The zero-order valence-electron chi connectivity index (χ0n) is 14.4. The topological polar surface area (TPSA) is 49.8 Å². The summed E-state index contributed by atoms with van der Waals surface area (Å²) in [6.45, 7) is 0.651. The lowest BCUT2D eigenvalue weighted by Crippen LogP contribution is -2.36. The molecule has 2 aliphatic rings. The standard InChI is InChI=1S/C21H23NO3/c1-22(12-20(23)14-10-11-14)21(24)25-13-19-17-8-4-2-6-15(17)16-7-3-5-9-18(16)19/h2-9,14,19-20,23H,10-13H2,1H3. The zero-order valence-corrected chi connectivity index (χ0v) is 14.4. The maximum absolute atomic E-state index is 12.3. The number of benzene rings is 2. The Labute approximate surface area is 148 Å². The molecule has 0 saturated heterocycles. The quantitative estimate of drug-likeness (QED) is 0.906. The maximum atomic E-state index is 12.3. The summed E-state index contributed by atoms with van der Waals surface area (Å²) in [4.78, 5) is 13.8. The molecule has 1 fully saturated rings. The number of hydrogen-bond acceptors (Lipinski definition) is 3. The largest absolute Gasteiger partial charge is 0.448 e. The van der Waals surface area contributed by atoms with Gasteiger partial charge in [-0.1, -0.05) is 48.5 Å². The minimum atomic E-state index is -0.439. The van der Waals surface area contributed by atoms with E-state index in [2.05, 4.69) is 24.3 Å². The molecule has 2 aromatic rings. The molecular weight excluding hydrogens is 314 g/mol. The van der Waals surface area contributed by atoms with Crippen LogP contribution in [0.5, 0.6) is 0 Å². The molecule has 25 heavy (non-hydrogen) atoms. The Morgan fingerprint density at radius 1 is 1.12 bits per heavy atom. The third-order valence-corrected chi connectivity index (χ3v) is 5.27. The van der Waals surface area contributed by atoms with Crippen LogP contribution >= 0.6 is 0 Å². The number of aliphatic hydroxyl groups is 1. The number of fused-ring (bicyclic) bond motifs is 3. The Hall–Kier alpha value is -2.33. The molecule has 4 nitrogen and oxygen atoms in total. The summed E-state index contributed by atoms with van der Waals surface area (Å²) < 4.78 is 5.58. The van der Waals surface area contributed by atoms with Crippen LogP contribution in [0.25, 0.3) is 11.1 Å². The maximum Gasteiger partial charge on any atom is 0.409 e. The first kappa shape index (κ1) is 16.2. The number of aliphatic hydroxyl groups excluding tert-OH is 1. The van der Waals surface area contributed by atoms with Crippen LogP contribution in [-0.4, -0.2) is 42.4 Å². The van der Waals surface area contributed by atoms with Gasteiger partial charge in [0.1, 0.15) is 6.61 Å². The van der Waals surface area contributed by atoms with Crippen molar-refractivity contribution >= 4 is 6.09 Å². The third-order valence-electron chi connectivity index (χ3n) is 5.27. The second-order valence-electron chi connectivity index (χ2n) is 7.09. The van der Waals surface area contributed by atoms with Crippen molar-refractivity contribution < 1.29 is 14.6 Å². The summed E-state index contributed by atoms with van der Waals surface area (Å²) in [5.74, 6) is 0.418. The number of hydrogen-bond donors (Lipinski definition) is 1. The van der Waals surface area contributed by atoms with Crippen molar-refractivity contribution in [3.05, 3.63) is 59.7 Å². The summed E-state index contributed by atoms with van der Waals surface area (Å²) in [7, 11) is 1.68. The van der Waals surface area contributed by atoms with E-state index in [1.165, 1.54) is 27.2 Å². The summed E-state index contributed by atoms with van der Waals surface area (Å²) in [5, 5.41) is 10.00. The van der Waals surface area contributed by atoms with Crippen molar-refractivity contribution in [1.29, 1.82) is 0 Å². The number of amides is 1. The predicted octanol–water partition coefficient (Wildman–Crippen LogP) is 3.64. The highest BCUT2D eigenvalue weighted by atomic mass is 16.6. The average Bonchev–Trinajstić information content (AvgIpc) is 3.43. The first-order valence-electron chi connectivity index (χ1n) is 8.89. The van der Waals surface area contributed by atoms with Gasteiger partial charge in [0.15, 0.2) is 0 Å². The smallest absolute Gasteiger partial charge is 0.409 e. The fourth-order valence-corrected chi connectivity index (χ4v) is 3.69. The van der Waals surface area contributed by atoms with Crippen LogP contribution in [-0.2, 0) is 4.74 Å². The Bertz CT molecular complexity index is 739. The molecule has 0 aliphatic heterocycles. The van der Waals surface area contributed by atoms with E-state index in [-0.39, 0.29) is 12.0 Å². The molecule has 0 bridgehead atoms. The van der Waals surface area contributed by atoms with E-state index in [1.54, 1.807) is 7.05 Å². The van der Waals surface area contributed by atoms with Gasteiger partial charge in [-0.15, -0.1) is 0 Å². The Kier molecular flexibility index (Phi) is 4.22. The van der Waals surface area contributed by atoms with E-state index < -0.39 is 6.10 Å². The number of carbonyl (C=O) groups excluding carboxylic acids is 1. The van der Waals surface area contributed by atoms with E-state index in [0.717, 1.165) is 12.8 Å². The number of ether oxygens (including phenoxy) is 1. The molecule has 0 radical (unpaired) electrons. The number of likely N-dealkylation sites (N-methyl/N-ethyl adjacent to an activating group) is 1. The van der Waals surface area contributed by atoms with Crippen molar-refractivity contribution in [1.82, 2.24) is 4.90 Å². The molecule has 2 aliphatic carbocycles. The van der Waals surface area contributed by atoms with E-state index >= 15 is 0 Å². The first-order chi connectivity index (χ1) is 12.1. The second kappa shape index (κ2) is 6.52. The Morgan fingerprint density at radius 2 is 1.68 bits per heavy atom. The van der Waals surface area contributed by atoms with Crippen LogP contribution in [0.3, 0.4) is 0 Å². The van der Waals surface area contributed by atoms with E-state index in [1.807, 2.05) is 24.3 Å². The van der Waals surface area contributed by atoms with Crippen molar-refractivity contribution in [2.75, 3.05) is 20.2 Å². The van der Waals surface area contributed by atoms with Crippen LogP contribution < -0.4 is 0 Å². The summed E-state index contributed by atoms with van der Waals surface area (Å²) in [6.07, 6.45) is 1.30. The van der Waals surface area contributed by atoms with Gasteiger partial charge in [0.25, 0.3) is 0 Å². The van der Waals surface area contributed by atoms with Crippen LogP contribution in [0.1, 0.15) is 29.9 Å². The number of carbonyl (C=O) groups is 1. The minimum Gasteiger partial charge on any atom is -0.448 e. The van der Waals surface area contributed by atoms with Gasteiger partial charge in [0, 0.05) is 19.5 Å². The summed E-state index contributed by atoms with van der Waals surface area (Å²) in [6, 6.07) is 16.6. The Balaban J connectivity index is 1.45. The second-order valence-corrected chi connectivity index (χ2v) is 7.09. The minimum absolute atomic E-state index is 0.0677. The molecule has 0 heterocycles. The highest BCUT2D eigenvalue weighted by molar-refractivity contribution is 5.79. The molecule has 1 N–H and O–H groups in total. The van der Waals surface area contributed by atoms with Gasteiger partial charge in [0.05, 0.1) is 6.10 Å². The van der Waals surface area contributed by atoms with Crippen LogP contribution in [0.4, 0.5) is 4.79 Å². The Morgan fingerprint density at radius 3 is 2.24 bits per heavy atom. The molecule has 4 rings (SSSR count). The normalized spacial score (nSPS) is 16.9. The van der Waals surface area contributed by atoms with E-state index in [0.29, 0.717) is 19.1 Å². The lowest BCUT2D eigenvalue weighted by Gasteiger charge is -2.22.